The average molecular weight is 685 g/mol. The zero-order chi connectivity index (χ0) is 35.5. The van der Waals surface area contributed by atoms with Crippen LogP contribution in [0.3, 0.4) is 0 Å². The van der Waals surface area contributed by atoms with Gasteiger partial charge < -0.3 is 10.2 Å². The number of nitrogens with zero attached hydrogens (tertiary/aromatic N) is 3. The molecular weight excluding hydrogens is 625 g/mol. The van der Waals surface area contributed by atoms with Gasteiger partial charge >= 0.3 is 0 Å². The third-order valence-electron chi connectivity index (χ3n) is 13.3. The van der Waals surface area contributed by atoms with Crippen molar-refractivity contribution in [2.45, 2.75) is 117 Å². The SMILES string of the molecule is C=C(N[C@@H](Cc1ccc(-c2ncc(C3=CCC(C4CCC(CCC)CC4)CC3)cn2)cc1)C(=C)N1CC(C(C)=O)C1)C1=CC=C(C2(C)CC2)CC1. The minimum absolute atomic E-state index is 0.0153. The topological polar surface area (TPSA) is 58.1 Å². The van der Waals surface area contributed by atoms with Gasteiger partial charge in [0.05, 0.1) is 12.0 Å². The summed E-state index contributed by atoms with van der Waals surface area (Å²) in [4.78, 5) is 23.9. The number of hydrogen-bond donors (Lipinski definition) is 1. The molecule has 1 unspecified atom stereocenters. The molecule has 7 rings (SSSR count). The van der Waals surface area contributed by atoms with Crippen molar-refractivity contribution in [2.24, 2.45) is 29.1 Å². The highest BCUT2D eigenvalue weighted by atomic mass is 16.1. The van der Waals surface area contributed by atoms with Gasteiger partial charge in [0.2, 0.25) is 0 Å². The molecule has 4 aliphatic carbocycles. The van der Waals surface area contributed by atoms with E-state index in [1.807, 2.05) is 12.4 Å². The number of allylic oxidation sites excluding steroid dienone is 6. The van der Waals surface area contributed by atoms with Gasteiger partial charge in [0.1, 0.15) is 5.78 Å². The van der Waals surface area contributed by atoms with Crippen molar-refractivity contribution >= 4 is 11.4 Å². The molecule has 5 aliphatic rings. The number of ketones is 1. The maximum absolute atomic E-state index is 12.0. The van der Waals surface area contributed by atoms with E-state index in [9.17, 15) is 4.79 Å². The maximum atomic E-state index is 12.0. The fraction of sp³-hybridized carbons (Fsp3) is 0.543. The van der Waals surface area contributed by atoms with E-state index in [1.165, 1.54) is 86.5 Å². The highest BCUT2D eigenvalue weighted by Gasteiger charge is 2.41. The van der Waals surface area contributed by atoms with Gasteiger partial charge in [0, 0.05) is 48.0 Å². The minimum Gasteiger partial charge on any atom is -0.377 e. The molecule has 3 fully saturated rings. The smallest absolute Gasteiger partial charge is 0.159 e. The molecular formula is C46H60N4O. The first kappa shape index (κ1) is 35.7. The van der Waals surface area contributed by atoms with Crippen molar-refractivity contribution in [2.75, 3.05) is 13.1 Å². The number of carbonyl (C=O) groups is 1. The van der Waals surface area contributed by atoms with Crippen LogP contribution in [0, 0.1) is 29.1 Å². The molecule has 0 radical (unpaired) electrons. The van der Waals surface area contributed by atoms with Crippen LogP contribution in [0.25, 0.3) is 17.0 Å². The molecule has 1 aromatic carbocycles. The molecule has 1 aromatic heterocycles. The number of hydrogen-bond acceptors (Lipinski definition) is 5. The van der Waals surface area contributed by atoms with Gasteiger partial charge in [-0.3, -0.25) is 4.79 Å². The Morgan fingerprint density at radius 2 is 1.67 bits per heavy atom. The van der Waals surface area contributed by atoms with E-state index >= 15 is 0 Å². The summed E-state index contributed by atoms with van der Waals surface area (Å²) in [5.41, 5.74) is 10.1. The summed E-state index contributed by atoms with van der Waals surface area (Å²) in [6.07, 6.45) is 28.9. The average Bonchev–Trinajstić information content (AvgIpc) is 3.89. The molecule has 1 aliphatic heterocycles. The highest BCUT2D eigenvalue weighted by molar-refractivity contribution is 5.79. The van der Waals surface area contributed by atoms with Crippen molar-refractivity contribution in [3.05, 3.63) is 102 Å². The Kier molecular flexibility index (Phi) is 10.8. The number of Topliss-reactive ketones (excluding diaryl/α,β-unsaturated/α-hetero) is 1. The Bertz CT molecular complexity index is 1680. The lowest BCUT2D eigenvalue weighted by Gasteiger charge is -2.43. The van der Waals surface area contributed by atoms with Gasteiger partial charge in [-0.15, -0.1) is 0 Å². The predicted molar refractivity (Wildman–Crippen MR) is 211 cm³/mol. The number of aromatic nitrogens is 2. The van der Waals surface area contributed by atoms with Crippen LogP contribution < -0.4 is 5.32 Å². The van der Waals surface area contributed by atoms with Gasteiger partial charge in [-0.25, -0.2) is 9.97 Å². The van der Waals surface area contributed by atoms with Crippen LogP contribution >= 0.6 is 0 Å². The highest BCUT2D eigenvalue weighted by Crippen LogP contribution is 2.53. The lowest BCUT2D eigenvalue weighted by molar-refractivity contribution is -0.124. The van der Waals surface area contributed by atoms with Gasteiger partial charge in [-0.2, -0.15) is 0 Å². The predicted octanol–water partition coefficient (Wildman–Crippen LogP) is 10.4. The Labute approximate surface area is 307 Å². The number of benzene rings is 1. The molecule has 0 amide bonds. The Hall–Kier alpha value is -3.73. The second kappa shape index (κ2) is 15.5. The minimum atomic E-state index is -0.0153. The fourth-order valence-corrected chi connectivity index (χ4v) is 9.22. The van der Waals surface area contributed by atoms with Crippen molar-refractivity contribution in [1.29, 1.82) is 0 Å². The van der Waals surface area contributed by atoms with E-state index in [0.29, 0.717) is 5.41 Å². The summed E-state index contributed by atoms with van der Waals surface area (Å²) in [5.74, 6) is 3.90. The Balaban J connectivity index is 0.970. The zero-order valence-electron chi connectivity index (χ0n) is 31.6. The van der Waals surface area contributed by atoms with Crippen LogP contribution in [0.2, 0.25) is 0 Å². The first-order valence-corrected chi connectivity index (χ1v) is 20.1. The molecule has 0 bridgehead atoms. The molecule has 270 valence electrons. The van der Waals surface area contributed by atoms with E-state index in [-0.39, 0.29) is 17.7 Å². The molecule has 2 heterocycles. The number of carbonyl (C=O) groups excluding carboxylic acids is 1. The molecule has 5 heteroatoms. The van der Waals surface area contributed by atoms with Crippen LogP contribution in [0.5, 0.6) is 0 Å². The molecule has 51 heavy (non-hydrogen) atoms. The van der Waals surface area contributed by atoms with Gasteiger partial charge in [0.15, 0.2) is 5.82 Å². The maximum Gasteiger partial charge on any atom is 0.159 e. The summed E-state index contributed by atoms with van der Waals surface area (Å²) < 4.78 is 0. The van der Waals surface area contributed by atoms with Crippen LogP contribution in [0.1, 0.15) is 115 Å². The second-order valence-corrected chi connectivity index (χ2v) is 16.9. The largest absolute Gasteiger partial charge is 0.377 e. The molecule has 2 saturated carbocycles. The Morgan fingerprint density at radius 1 is 0.941 bits per heavy atom. The fourth-order valence-electron chi connectivity index (χ4n) is 9.22. The summed E-state index contributed by atoms with van der Waals surface area (Å²) >= 11 is 0. The Morgan fingerprint density at radius 3 is 2.25 bits per heavy atom. The molecule has 2 aromatic rings. The number of rotatable bonds is 14. The molecule has 2 atom stereocenters. The van der Waals surface area contributed by atoms with Crippen molar-refractivity contribution in [1.82, 2.24) is 20.2 Å². The van der Waals surface area contributed by atoms with Crippen LogP contribution in [-0.2, 0) is 11.2 Å². The van der Waals surface area contributed by atoms with Gasteiger partial charge in [0.25, 0.3) is 0 Å². The van der Waals surface area contributed by atoms with E-state index in [4.69, 9.17) is 9.97 Å². The van der Waals surface area contributed by atoms with Crippen LogP contribution in [-0.4, -0.2) is 39.8 Å². The zero-order valence-corrected chi connectivity index (χ0v) is 31.6. The van der Waals surface area contributed by atoms with Gasteiger partial charge in [-0.05, 0) is 111 Å². The van der Waals surface area contributed by atoms with E-state index < -0.39 is 0 Å². The summed E-state index contributed by atoms with van der Waals surface area (Å²) in [7, 11) is 0. The van der Waals surface area contributed by atoms with Crippen LogP contribution in [0.15, 0.2) is 90.6 Å². The summed E-state index contributed by atoms with van der Waals surface area (Å²) in [6.45, 7) is 16.9. The normalized spacial score (nSPS) is 25.1. The third kappa shape index (κ3) is 8.34. The third-order valence-corrected chi connectivity index (χ3v) is 13.3. The first-order valence-electron chi connectivity index (χ1n) is 20.1. The van der Waals surface area contributed by atoms with Crippen LogP contribution in [0.4, 0.5) is 0 Å². The molecule has 1 saturated heterocycles. The van der Waals surface area contributed by atoms with E-state index in [2.05, 4.69) is 79.7 Å². The lowest BCUT2D eigenvalue weighted by Crippen LogP contribution is -2.52. The van der Waals surface area contributed by atoms with E-state index in [0.717, 1.165) is 79.3 Å². The number of nitrogens with one attached hydrogen (secondary N) is 1. The standard InChI is InChI=1S/C46H60N4O/c1-6-7-34-8-12-37(13-9-34)38-16-18-39(19-17-38)41-27-47-45(48-28-41)40-14-10-35(11-15-40)26-44(32(3)50-29-42(30-50)33(4)51)49-31(2)36-20-22-43(23-21-36)46(5)24-25-46/h10-11,14-15,18,20,22,27-28,34,37-38,42,44,49H,2-3,6-9,12-13,16-17,19,21,23-26,29-30H2,1,4-5H3/t34?,37?,38?,44-/m0/s1. The van der Waals surface area contributed by atoms with Gasteiger partial charge in [-0.1, -0.05) is 101 Å². The lowest BCUT2D eigenvalue weighted by atomic mass is 9.70. The quantitative estimate of drug-likeness (QED) is 0.215. The molecule has 5 nitrogen and oxygen atoms in total. The summed E-state index contributed by atoms with van der Waals surface area (Å²) in [6, 6.07) is 8.65. The van der Waals surface area contributed by atoms with E-state index in [1.54, 1.807) is 12.5 Å². The molecule has 1 N–H and O–H groups in total. The van der Waals surface area contributed by atoms with Crippen molar-refractivity contribution in [3.8, 4) is 11.4 Å². The molecule has 0 spiro atoms. The first-order chi connectivity index (χ1) is 24.7. The number of likely N-dealkylation sites (tertiary alicyclic amines) is 1. The monoisotopic (exact) mass is 684 g/mol. The van der Waals surface area contributed by atoms with Crippen molar-refractivity contribution < 1.29 is 4.79 Å². The summed E-state index contributed by atoms with van der Waals surface area (Å²) in [5, 5.41) is 3.76. The van der Waals surface area contributed by atoms with Crippen molar-refractivity contribution in [3.63, 3.8) is 0 Å². The second-order valence-electron chi connectivity index (χ2n) is 16.9.